The second kappa shape index (κ2) is 2.88. The topological polar surface area (TPSA) is 100 Å². The molecule has 0 fully saturated rings. The summed E-state index contributed by atoms with van der Waals surface area (Å²) in [5.41, 5.74) is 5.40. The van der Waals surface area contributed by atoms with Crippen LogP contribution >= 0.6 is 0 Å². The first kappa shape index (κ1) is 8.01. The number of rotatable bonds is 1. The Morgan fingerprint density at radius 1 is 1.75 bits per heavy atom. The van der Waals surface area contributed by atoms with Gasteiger partial charge in [-0.3, -0.25) is 0 Å². The van der Waals surface area contributed by atoms with Gasteiger partial charge in [0, 0.05) is 6.20 Å². The fraction of sp³-hybridized carbons (Fsp3) is 0. The minimum atomic E-state index is -1.15. The van der Waals surface area contributed by atoms with Gasteiger partial charge in [-0.15, -0.1) is 0 Å². The number of nitriles is 1. The highest BCUT2D eigenvalue weighted by molar-refractivity contribution is 5.93. The predicted molar refractivity (Wildman–Crippen MR) is 40.3 cm³/mol. The number of aromatic carboxylic acids is 1. The molecule has 5 nitrogen and oxygen atoms in total. The molecule has 0 saturated carbocycles. The highest BCUT2D eigenvalue weighted by atomic mass is 16.4. The van der Waals surface area contributed by atoms with Crippen LogP contribution < -0.4 is 5.73 Å². The zero-order valence-electron chi connectivity index (χ0n) is 5.98. The van der Waals surface area contributed by atoms with Crippen molar-refractivity contribution in [2.45, 2.75) is 0 Å². The van der Waals surface area contributed by atoms with E-state index in [4.69, 9.17) is 16.1 Å². The molecular weight excluding hydrogens is 158 g/mol. The van der Waals surface area contributed by atoms with Gasteiger partial charge in [-0.05, 0) is 6.07 Å². The summed E-state index contributed by atoms with van der Waals surface area (Å²) in [5, 5.41) is 16.9. The number of pyridine rings is 1. The number of hydrogen-bond acceptors (Lipinski definition) is 4. The van der Waals surface area contributed by atoms with E-state index < -0.39 is 5.97 Å². The molecule has 3 N–H and O–H groups in total. The highest BCUT2D eigenvalue weighted by Crippen LogP contribution is 2.10. The van der Waals surface area contributed by atoms with Crippen molar-refractivity contribution in [3.05, 3.63) is 23.5 Å². The van der Waals surface area contributed by atoms with Crippen molar-refractivity contribution in [1.29, 1.82) is 5.26 Å². The van der Waals surface area contributed by atoms with E-state index in [9.17, 15) is 4.79 Å². The van der Waals surface area contributed by atoms with Crippen molar-refractivity contribution in [1.82, 2.24) is 4.98 Å². The summed E-state index contributed by atoms with van der Waals surface area (Å²) in [5.74, 6) is -1.15. The van der Waals surface area contributed by atoms with Crippen molar-refractivity contribution in [2.24, 2.45) is 0 Å². The lowest BCUT2D eigenvalue weighted by Gasteiger charge is -1.98. The van der Waals surface area contributed by atoms with Crippen LogP contribution in [0.15, 0.2) is 12.3 Å². The summed E-state index contributed by atoms with van der Waals surface area (Å²) in [7, 11) is 0. The van der Waals surface area contributed by atoms with Crippen molar-refractivity contribution < 1.29 is 9.90 Å². The van der Waals surface area contributed by atoms with Gasteiger partial charge in [0.05, 0.1) is 5.69 Å². The van der Waals surface area contributed by atoms with Gasteiger partial charge in [-0.2, -0.15) is 5.26 Å². The van der Waals surface area contributed by atoms with Gasteiger partial charge in [-0.25, -0.2) is 9.78 Å². The van der Waals surface area contributed by atoms with Crippen LogP contribution in [0.25, 0.3) is 0 Å². The minimum Gasteiger partial charge on any atom is -0.478 e. The van der Waals surface area contributed by atoms with Crippen LogP contribution in [-0.4, -0.2) is 16.1 Å². The van der Waals surface area contributed by atoms with E-state index in [0.717, 1.165) is 6.20 Å². The van der Waals surface area contributed by atoms with Gasteiger partial charge in [0.25, 0.3) is 0 Å². The van der Waals surface area contributed by atoms with E-state index in [2.05, 4.69) is 4.98 Å². The lowest BCUT2D eigenvalue weighted by molar-refractivity contribution is 0.0697. The number of carboxylic acids is 1. The lowest BCUT2D eigenvalue weighted by Crippen LogP contribution is -2.03. The maximum absolute atomic E-state index is 10.4. The Bertz CT molecular complexity index is 367. The summed E-state index contributed by atoms with van der Waals surface area (Å²) in [6, 6.07) is 2.98. The van der Waals surface area contributed by atoms with Gasteiger partial charge in [0.2, 0.25) is 0 Å². The van der Waals surface area contributed by atoms with Crippen molar-refractivity contribution in [3.63, 3.8) is 0 Å². The number of nitrogens with zero attached hydrogens (tertiary/aromatic N) is 2. The molecule has 0 aliphatic carbocycles. The van der Waals surface area contributed by atoms with E-state index in [1.165, 1.54) is 6.07 Å². The summed E-state index contributed by atoms with van der Waals surface area (Å²) in [6.45, 7) is 0. The van der Waals surface area contributed by atoms with Crippen LogP contribution in [0.4, 0.5) is 5.69 Å². The minimum absolute atomic E-state index is 0.0500. The van der Waals surface area contributed by atoms with Crippen molar-refractivity contribution >= 4 is 11.7 Å². The summed E-state index contributed by atoms with van der Waals surface area (Å²) in [6.07, 6.45) is 1.07. The number of anilines is 1. The Morgan fingerprint density at radius 2 is 2.42 bits per heavy atom. The molecule has 1 rings (SSSR count). The maximum atomic E-state index is 10.4. The lowest BCUT2D eigenvalue weighted by atomic mass is 10.2. The van der Waals surface area contributed by atoms with Crippen LogP contribution in [0.3, 0.4) is 0 Å². The molecule has 0 amide bonds. The Labute approximate surface area is 68.1 Å². The van der Waals surface area contributed by atoms with E-state index >= 15 is 0 Å². The zero-order valence-corrected chi connectivity index (χ0v) is 5.98. The Hall–Kier alpha value is -2.09. The molecule has 5 heteroatoms. The molecule has 12 heavy (non-hydrogen) atoms. The van der Waals surface area contributed by atoms with Crippen LogP contribution in [0.2, 0.25) is 0 Å². The van der Waals surface area contributed by atoms with Crippen molar-refractivity contribution in [3.8, 4) is 6.07 Å². The average Bonchev–Trinajstić information content (AvgIpc) is 2.03. The molecule has 0 spiro atoms. The van der Waals surface area contributed by atoms with Crippen LogP contribution in [0, 0.1) is 11.3 Å². The molecular formula is C7H5N3O2. The first-order chi connectivity index (χ1) is 5.65. The van der Waals surface area contributed by atoms with Gasteiger partial charge >= 0.3 is 5.97 Å². The molecule has 0 aliphatic rings. The quantitative estimate of drug-likeness (QED) is 0.617. The normalized spacial score (nSPS) is 8.92. The molecule has 0 aromatic carbocycles. The third kappa shape index (κ3) is 1.32. The van der Waals surface area contributed by atoms with E-state index in [0.29, 0.717) is 0 Å². The maximum Gasteiger partial charge on any atom is 0.339 e. The molecule has 1 heterocycles. The monoisotopic (exact) mass is 163 g/mol. The van der Waals surface area contributed by atoms with Gasteiger partial charge in [0.15, 0.2) is 0 Å². The van der Waals surface area contributed by atoms with Gasteiger partial charge in [-0.1, -0.05) is 0 Å². The fourth-order valence-corrected chi connectivity index (χ4v) is 0.711. The molecule has 0 atom stereocenters. The number of carboxylic acid groups (broad SMARTS) is 1. The van der Waals surface area contributed by atoms with Crippen LogP contribution in [-0.2, 0) is 0 Å². The standard InChI is InChI=1S/C7H5N3O2/c8-2-4-1-6(9)5(3-10-4)7(11)12/h1,3H,(H2,9,10)(H,11,12). The smallest absolute Gasteiger partial charge is 0.339 e. The van der Waals surface area contributed by atoms with Crippen molar-refractivity contribution in [2.75, 3.05) is 5.73 Å². The molecule has 0 radical (unpaired) electrons. The van der Waals surface area contributed by atoms with E-state index in [-0.39, 0.29) is 16.9 Å². The molecule has 0 saturated heterocycles. The molecule has 0 aliphatic heterocycles. The zero-order chi connectivity index (χ0) is 9.14. The molecule has 1 aromatic heterocycles. The largest absolute Gasteiger partial charge is 0.478 e. The third-order valence-electron chi connectivity index (χ3n) is 1.28. The SMILES string of the molecule is N#Cc1cc(N)c(C(=O)O)cn1. The number of hydrogen-bond donors (Lipinski definition) is 2. The van der Waals surface area contributed by atoms with Gasteiger partial charge in [0.1, 0.15) is 17.3 Å². The number of carbonyl (C=O) groups is 1. The predicted octanol–water partition coefficient (Wildman–Crippen LogP) is 0.234. The Kier molecular flexibility index (Phi) is 1.92. The first-order valence-electron chi connectivity index (χ1n) is 3.04. The molecule has 1 aromatic rings. The molecule has 60 valence electrons. The summed E-state index contributed by atoms with van der Waals surface area (Å²) in [4.78, 5) is 14.0. The average molecular weight is 163 g/mol. The Morgan fingerprint density at radius 3 is 2.83 bits per heavy atom. The third-order valence-corrected chi connectivity index (χ3v) is 1.28. The summed E-state index contributed by atoms with van der Waals surface area (Å²) < 4.78 is 0. The number of nitrogens with two attached hydrogens (primary N) is 1. The first-order valence-corrected chi connectivity index (χ1v) is 3.04. The molecule has 0 unspecified atom stereocenters. The number of aromatic nitrogens is 1. The van der Waals surface area contributed by atoms with Crippen LogP contribution in [0.5, 0.6) is 0 Å². The summed E-state index contributed by atoms with van der Waals surface area (Å²) >= 11 is 0. The van der Waals surface area contributed by atoms with Gasteiger partial charge < -0.3 is 10.8 Å². The van der Waals surface area contributed by atoms with E-state index in [1.807, 2.05) is 0 Å². The molecule has 0 bridgehead atoms. The Balaban J connectivity index is 3.23. The second-order valence-corrected chi connectivity index (χ2v) is 2.07. The van der Waals surface area contributed by atoms with E-state index in [1.54, 1.807) is 6.07 Å². The second-order valence-electron chi connectivity index (χ2n) is 2.07. The van der Waals surface area contributed by atoms with Crippen LogP contribution in [0.1, 0.15) is 16.1 Å². The fourth-order valence-electron chi connectivity index (χ4n) is 0.711. The number of nitrogen functional groups attached to an aromatic ring is 1. The highest BCUT2D eigenvalue weighted by Gasteiger charge is 2.08.